The molecule has 0 saturated carbocycles. The van der Waals surface area contributed by atoms with Crippen molar-refractivity contribution in [1.82, 2.24) is 20.1 Å². The second-order valence-corrected chi connectivity index (χ2v) is 5.63. The summed E-state index contributed by atoms with van der Waals surface area (Å²) in [5, 5.41) is 21.5. The molecule has 6 heteroatoms. The van der Waals surface area contributed by atoms with Crippen molar-refractivity contribution < 1.29 is 5.11 Å². The van der Waals surface area contributed by atoms with Crippen LogP contribution in [-0.4, -0.2) is 57.5 Å². The lowest BCUT2D eigenvalue weighted by atomic mass is 10.1. The Balaban J connectivity index is 1.81. The normalized spacial score (nSPS) is 17.7. The molecule has 2 heterocycles. The van der Waals surface area contributed by atoms with Gasteiger partial charge in [0, 0.05) is 13.1 Å². The van der Waals surface area contributed by atoms with Crippen molar-refractivity contribution in [1.29, 1.82) is 0 Å². The molecule has 1 saturated heterocycles. The number of aromatic nitrogens is 3. The zero-order valence-corrected chi connectivity index (χ0v) is 13.2. The summed E-state index contributed by atoms with van der Waals surface area (Å²) >= 11 is 0. The number of aliphatic hydroxyl groups is 1. The average Bonchev–Trinajstić information content (AvgIpc) is 2.53. The number of piperidine rings is 1. The predicted octanol–water partition coefficient (Wildman–Crippen LogP) is 1.26. The molecule has 0 aromatic carbocycles. The van der Waals surface area contributed by atoms with E-state index in [-0.39, 0.29) is 0 Å². The van der Waals surface area contributed by atoms with Crippen molar-refractivity contribution >= 4 is 5.95 Å². The summed E-state index contributed by atoms with van der Waals surface area (Å²) in [6, 6.07) is 0. The molecule has 2 rings (SSSR count). The van der Waals surface area contributed by atoms with Gasteiger partial charge < -0.3 is 15.3 Å². The van der Waals surface area contributed by atoms with Crippen LogP contribution in [0.2, 0.25) is 0 Å². The van der Waals surface area contributed by atoms with Gasteiger partial charge in [-0.1, -0.05) is 20.3 Å². The van der Waals surface area contributed by atoms with Gasteiger partial charge in [-0.25, -0.2) is 4.98 Å². The Labute approximate surface area is 127 Å². The zero-order valence-electron chi connectivity index (χ0n) is 13.2. The monoisotopic (exact) mass is 293 g/mol. The van der Waals surface area contributed by atoms with E-state index in [0.29, 0.717) is 19.0 Å². The van der Waals surface area contributed by atoms with Gasteiger partial charge in [-0.05, 0) is 38.8 Å². The van der Waals surface area contributed by atoms with E-state index in [9.17, 15) is 5.11 Å². The van der Waals surface area contributed by atoms with Crippen molar-refractivity contribution in [3.05, 3.63) is 11.4 Å². The second kappa shape index (κ2) is 8.24. The molecule has 2 N–H and O–H groups in total. The zero-order chi connectivity index (χ0) is 15.1. The first-order valence-electron chi connectivity index (χ1n) is 8.09. The van der Waals surface area contributed by atoms with Gasteiger partial charge in [0.2, 0.25) is 5.95 Å². The maximum Gasteiger partial charge on any atom is 0.243 e. The largest absolute Gasteiger partial charge is 0.390 e. The molecule has 1 aliphatic rings. The summed E-state index contributed by atoms with van der Waals surface area (Å²) in [4.78, 5) is 6.80. The number of hydrogen-bond acceptors (Lipinski definition) is 6. The third-order valence-corrected chi connectivity index (χ3v) is 3.92. The molecule has 1 atom stereocenters. The van der Waals surface area contributed by atoms with E-state index >= 15 is 0 Å². The van der Waals surface area contributed by atoms with Gasteiger partial charge in [0.05, 0.1) is 17.5 Å². The van der Waals surface area contributed by atoms with Crippen molar-refractivity contribution in [2.24, 2.45) is 0 Å². The van der Waals surface area contributed by atoms with Gasteiger partial charge in [0.1, 0.15) is 0 Å². The molecule has 6 nitrogen and oxygen atoms in total. The fourth-order valence-electron chi connectivity index (χ4n) is 2.73. The smallest absolute Gasteiger partial charge is 0.243 e. The van der Waals surface area contributed by atoms with E-state index in [4.69, 9.17) is 0 Å². The number of aliphatic hydroxyl groups excluding tert-OH is 1. The summed E-state index contributed by atoms with van der Waals surface area (Å²) < 4.78 is 0. The van der Waals surface area contributed by atoms with E-state index in [1.54, 1.807) is 0 Å². The van der Waals surface area contributed by atoms with Gasteiger partial charge in [-0.3, -0.25) is 0 Å². The van der Waals surface area contributed by atoms with E-state index in [2.05, 4.69) is 39.2 Å². The van der Waals surface area contributed by atoms with Crippen LogP contribution in [0.1, 0.15) is 44.5 Å². The lowest BCUT2D eigenvalue weighted by molar-refractivity contribution is 0.109. The maximum atomic E-state index is 10.1. The molecule has 1 aliphatic heterocycles. The molecule has 118 valence electrons. The number of hydrogen-bond donors (Lipinski definition) is 2. The average molecular weight is 293 g/mol. The van der Waals surface area contributed by atoms with Crippen LogP contribution in [0, 0.1) is 0 Å². The number of rotatable bonds is 7. The summed E-state index contributed by atoms with van der Waals surface area (Å²) in [5.74, 6) is 0.516. The Morgan fingerprint density at radius 3 is 2.48 bits per heavy atom. The highest BCUT2D eigenvalue weighted by molar-refractivity contribution is 5.25. The summed E-state index contributed by atoms with van der Waals surface area (Å²) in [6.07, 6.45) is 5.10. The summed E-state index contributed by atoms with van der Waals surface area (Å²) in [7, 11) is 0. The van der Waals surface area contributed by atoms with E-state index in [0.717, 1.165) is 37.3 Å². The quantitative estimate of drug-likeness (QED) is 0.788. The van der Waals surface area contributed by atoms with Crippen LogP contribution < -0.4 is 5.32 Å². The molecule has 21 heavy (non-hydrogen) atoms. The fourth-order valence-corrected chi connectivity index (χ4v) is 2.73. The number of nitrogens with one attached hydrogen (secondary N) is 1. The molecule has 0 aliphatic carbocycles. The Bertz CT molecular complexity index is 434. The van der Waals surface area contributed by atoms with Crippen molar-refractivity contribution in [2.75, 3.05) is 31.5 Å². The Morgan fingerprint density at radius 2 is 1.81 bits per heavy atom. The molecule has 1 aromatic heterocycles. The number of likely N-dealkylation sites (tertiary alicyclic amines) is 1. The van der Waals surface area contributed by atoms with Crippen molar-refractivity contribution in [2.45, 2.75) is 52.1 Å². The van der Waals surface area contributed by atoms with Gasteiger partial charge in [-0.2, -0.15) is 5.10 Å². The van der Waals surface area contributed by atoms with Crippen LogP contribution in [0.4, 0.5) is 5.95 Å². The summed E-state index contributed by atoms with van der Waals surface area (Å²) in [6.45, 7) is 7.50. The molecule has 0 spiro atoms. The van der Waals surface area contributed by atoms with Crippen LogP contribution in [-0.2, 0) is 12.8 Å². The highest BCUT2D eigenvalue weighted by Gasteiger charge is 2.15. The van der Waals surface area contributed by atoms with E-state index in [1.165, 1.54) is 19.3 Å². The molecular formula is C15H27N5O. The third kappa shape index (κ3) is 4.89. The number of aryl methyl sites for hydroxylation is 2. The highest BCUT2D eigenvalue weighted by atomic mass is 16.3. The van der Waals surface area contributed by atoms with Gasteiger partial charge >= 0.3 is 0 Å². The number of β-amino-alcohol motifs (C(OH)–C–C–N with tert-alkyl or cyclic N) is 1. The Kier molecular flexibility index (Phi) is 6.32. The molecule has 0 amide bonds. The first-order valence-corrected chi connectivity index (χ1v) is 8.09. The second-order valence-electron chi connectivity index (χ2n) is 5.63. The minimum atomic E-state index is -0.400. The molecule has 0 radical (unpaired) electrons. The fraction of sp³-hybridized carbons (Fsp3) is 0.800. The minimum absolute atomic E-state index is 0.400. The van der Waals surface area contributed by atoms with Crippen LogP contribution in [0.3, 0.4) is 0 Å². The number of anilines is 1. The topological polar surface area (TPSA) is 74.2 Å². The van der Waals surface area contributed by atoms with Gasteiger partial charge in [0.15, 0.2) is 0 Å². The molecule has 1 aromatic rings. The lowest BCUT2D eigenvalue weighted by Gasteiger charge is -2.28. The van der Waals surface area contributed by atoms with E-state index in [1.807, 2.05) is 0 Å². The third-order valence-electron chi connectivity index (χ3n) is 3.92. The van der Waals surface area contributed by atoms with Crippen molar-refractivity contribution in [3.63, 3.8) is 0 Å². The minimum Gasteiger partial charge on any atom is -0.390 e. The van der Waals surface area contributed by atoms with Gasteiger partial charge in [-0.15, -0.1) is 5.10 Å². The Hall–Kier alpha value is -1.27. The van der Waals surface area contributed by atoms with Crippen molar-refractivity contribution in [3.8, 4) is 0 Å². The highest BCUT2D eigenvalue weighted by Crippen LogP contribution is 2.10. The first-order chi connectivity index (χ1) is 10.2. The summed E-state index contributed by atoms with van der Waals surface area (Å²) in [5.41, 5.74) is 1.94. The molecule has 1 fully saturated rings. The Morgan fingerprint density at radius 1 is 1.10 bits per heavy atom. The standard InChI is InChI=1S/C15H27N5O/c1-3-13-14(4-2)18-19-15(17-13)16-10-12(21)11-20-8-6-5-7-9-20/h12,21H,3-11H2,1-2H3,(H,16,17,19). The van der Waals surface area contributed by atoms with Crippen LogP contribution in [0.25, 0.3) is 0 Å². The molecule has 1 unspecified atom stereocenters. The van der Waals surface area contributed by atoms with Crippen LogP contribution in [0.5, 0.6) is 0 Å². The molecular weight excluding hydrogens is 266 g/mol. The van der Waals surface area contributed by atoms with Crippen LogP contribution >= 0.6 is 0 Å². The lowest BCUT2D eigenvalue weighted by Crippen LogP contribution is -2.39. The SMILES string of the molecule is CCc1nnc(NCC(O)CN2CCCCC2)nc1CC. The number of nitrogens with zero attached hydrogens (tertiary/aromatic N) is 4. The predicted molar refractivity (Wildman–Crippen MR) is 83.4 cm³/mol. The van der Waals surface area contributed by atoms with Gasteiger partial charge in [0.25, 0.3) is 0 Å². The maximum absolute atomic E-state index is 10.1. The van der Waals surface area contributed by atoms with Crippen LogP contribution in [0.15, 0.2) is 0 Å². The first kappa shape index (κ1) is 16.1. The van der Waals surface area contributed by atoms with E-state index < -0.39 is 6.10 Å². The molecule has 0 bridgehead atoms.